The highest BCUT2D eigenvalue weighted by Gasteiger charge is 2.50. The molecule has 0 aromatic heterocycles. The van der Waals surface area contributed by atoms with Crippen LogP contribution in [0.2, 0.25) is 0 Å². The number of fused-ring (bicyclic) bond motifs is 2. The van der Waals surface area contributed by atoms with E-state index >= 15 is 0 Å². The van der Waals surface area contributed by atoms with Gasteiger partial charge in [-0.3, -0.25) is 0 Å². The number of hydrogen-bond donors (Lipinski definition) is 1. The van der Waals surface area contributed by atoms with E-state index in [1.807, 2.05) is 12.1 Å². The van der Waals surface area contributed by atoms with Gasteiger partial charge in [0.15, 0.2) is 0 Å². The molecule has 2 bridgehead atoms. The Morgan fingerprint density at radius 1 is 1.19 bits per heavy atom. The Morgan fingerprint density at radius 3 is 2.48 bits per heavy atom. The van der Waals surface area contributed by atoms with E-state index in [1.165, 1.54) is 5.56 Å². The lowest BCUT2D eigenvalue weighted by atomic mass is 9.63. The Hall–Kier alpha value is -1.06. The van der Waals surface area contributed by atoms with Crippen molar-refractivity contribution in [2.24, 2.45) is 17.8 Å². The minimum atomic E-state index is -0.210. The Labute approximate surface area is 127 Å². The second-order valence-electron chi connectivity index (χ2n) is 7.17. The summed E-state index contributed by atoms with van der Waals surface area (Å²) in [5, 5.41) is 10.4. The molecular formula is C18H26O3. The number of benzene rings is 1. The zero-order chi connectivity index (χ0) is 15.2. The maximum Gasteiger partial charge on any atom is 0.118 e. The Bertz CT molecular complexity index is 494. The van der Waals surface area contributed by atoms with Gasteiger partial charge in [0.2, 0.25) is 0 Å². The number of ether oxygens (including phenoxy) is 2. The molecule has 1 aromatic rings. The number of aliphatic hydroxyl groups excluding tert-OH is 1. The summed E-state index contributed by atoms with van der Waals surface area (Å²) in [6, 6.07) is 8.16. The summed E-state index contributed by atoms with van der Waals surface area (Å²) in [5.74, 6) is 1.98. The lowest BCUT2D eigenvalue weighted by Crippen LogP contribution is -2.52. The first kappa shape index (κ1) is 14.9. The third kappa shape index (κ3) is 2.58. The fourth-order valence-electron chi connectivity index (χ4n) is 4.02. The van der Waals surface area contributed by atoms with Gasteiger partial charge in [-0.2, -0.15) is 0 Å². The molecule has 1 saturated carbocycles. The fourth-order valence-corrected chi connectivity index (χ4v) is 4.02. The minimum Gasteiger partial charge on any atom is -0.497 e. The maximum absolute atomic E-state index is 10.4. The molecule has 0 amide bonds. The van der Waals surface area contributed by atoms with Gasteiger partial charge in [0.25, 0.3) is 0 Å². The van der Waals surface area contributed by atoms with Gasteiger partial charge in [-0.1, -0.05) is 19.1 Å². The summed E-state index contributed by atoms with van der Waals surface area (Å²) in [7, 11) is 1.68. The SMILES string of the molecule is COc1ccc([C@@H]2OC(C)(C)[C@H]3C[C@H]2[C@H](C)[C@@H](O)C3)cc1. The molecule has 3 heteroatoms. The summed E-state index contributed by atoms with van der Waals surface area (Å²) in [6.07, 6.45) is 1.85. The van der Waals surface area contributed by atoms with Crippen LogP contribution >= 0.6 is 0 Å². The molecule has 3 rings (SSSR count). The first-order chi connectivity index (χ1) is 9.92. The third-order valence-electron chi connectivity index (χ3n) is 5.61. The van der Waals surface area contributed by atoms with Crippen molar-refractivity contribution in [3.63, 3.8) is 0 Å². The number of hydrogen-bond acceptors (Lipinski definition) is 3. The van der Waals surface area contributed by atoms with Crippen LogP contribution in [0.5, 0.6) is 5.75 Å². The van der Waals surface area contributed by atoms with Crippen LogP contribution in [0.1, 0.15) is 45.3 Å². The zero-order valence-corrected chi connectivity index (χ0v) is 13.4. The van der Waals surface area contributed by atoms with Gasteiger partial charge in [0.1, 0.15) is 5.75 Å². The van der Waals surface area contributed by atoms with Crippen molar-refractivity contribution in [2.45, 2.75) is 51.4 Å². The van der Waals surface area contributed by atoms with Crippen molar-refractivity contribution in [2.75, 3.05) is 7.11 Å². The highest BCUT2D eigenvalue weighted by atomic mass is 16.5. The van der Waals surface area contributed by atoms with Crippen molar-refractivity contribution in [1.29, 1.82) is 0 Å². The monoisotopic (exact) mass is 290 g/mol. The normalized spacial score (nSPS) is 38.0. The van der Waals surface area contributed by atoms with Crippen LogP contribution in [0.4, 0.5) is 0 Å². The molecule has 0 radical (unpaired) electrons. The molecule has 1 aliphatic carbocycles. The average molecular weight is 290 g/mol. The van der Waals surface area contributed by atoms with Crippen molar-refractivity contribution in [3.8, 4) is 5.75 Å². The zero-order valence-electron chi connectivity index (χ0n) is 13.4. The minimum absolute atomic E-state index is 0.0621. The summed E-state index contributed by atoms with van der Waals surface area (Å²) in [4.78, 5) is 0. The van der Waals surface area contributed by atoms with E-state index in [9.17, 15) is 5.11 Å². The molecule has 1 heterocycles. The molecule has 5 atom stereocenters. The van der Waals surface area contributed by atoms with Gasteiger partial charge in [-0.15, -0.1) is 0 Å². The van der Waals surface area contributed by atoms with Gasteiger partial charge in [-0.25, -0.2) is 0 Å². The van der Waals surface area contributed by atoms with Crippen molar-refractivity contribution >= 4 is 0 Å². The van der Waals surface area contributed by atoms with Crippen LogP contribution < -0.4 is 4.74 Å². The quantitative estimate of drug-likeness (QED) is 0.905. The van der Waals surface area contributed by atoms with E-state index in [-0.39, 0.29) is 23.7 Å². The predicted molar refractivity (Wildman–Crippen MR) is 82.3 cm³/mol. The summed E-state index contributed by atoms with van der Waals surface area (Å²) in [6.45, 7) is 6.48. The topological polar surface area (TPSA) is 38.7 Å². The van der Waals surface area contributed by atoms with E-state index in [1.54, 1.807) is 7.11 Å². The van der Waals surface area contributed by atoms with Gasteiger partial charge in [-0.05, 0) is 62.1 Å². The maximum atomic E-state index is 10.4. The third-order valence-corrected chi connectivity index (χ3v) is 5.61. The van der Waals surface area contributed by atoms with Crippen LogP contribution in [0.15, 0.2) is 24.3 Å². The van der Waals surface area contributed by atoms with Crippen LogP contribution in [0, 0.1) is 17.8 Å². The number of methoxy groups -OCH3 is 1. The van der Waals surface area contributed by atoms with E-state index < -0.39 is 0 Å². The molecule has 2 fully saturated rings. The largest absolute Gasteiger partial charge is 0.497 e. The van der Waals surface area contributed by atoms with E-state index in [0.717, 1.165) is 18.6 Å². The molecule has 0 spiro atoms. The summed E-state index contributed by atoms with van der Waals surface area (Å²) < 4.78 is 11.7. The Kier molecular flexibility index (Phi) is 3.74. The van der Waals surface area contributed by atoms with Crippen molar-refractivity contribution in [1.82, 2.24) is 0 Å². The van der Waals surface area contributed by atoms with Crippen LogP contribution in [0.3, 0.4) is 0 Å². The van der Waals surface area contributed by atoms with Gasteiger partial charge < -0.3 is 14.6 Å². The molecule has 0 unspecified atom stereocenters. The average Bonchev–Trinajstić information content (AvgIpc) is 2.47. The Balaban J connectivity index is 1.92. The second-order valence-corrected chi connectivity index (χ2v) is 7.17. The molecule has 21 heavy (non-hydrogen) atoms. The smallest absolute Gasteiger partial charge is 0.118 e. The molecule has 116 valence electrons. The van der Waals surface area contributed by atoms with Crippen LogP contribution in [-0.2, 0) is 4.74 Å². The van der Waals surface area contributed by atoms with Gasteiger partial charge in [0, 0.05) is 0 Å². The predicted octanol–water partition coefficient (Wildman–Crippen LogP) is 3.57. The molecule has 1 saturated heterocycles. The number of rotatable bonds is 2. The van der Waals surface area contributed by atoms with E-state index in [2.05, 4.69) is 32.9 Å². The second kappa shape index (κ2) is 5.29. The molecule has 1 aromatic carbocycles. The van der Waals surface area contributed by atoms with Crippen molar-refractivity contribution in [3.05, 3.63) is 29.8 Å². The first-order valence-corrected chi connectivity index (χ1v) is 7.92. The lowest BCUT2D eigenvalue weighted by Gasteiger charge is -2.53. The summed E-state index contributed by atoms with van der Waals surface area (Å²) in [5.41, 5.74) is 1.01. The molecule has 3 nitrogen and oxygen atoms in total. The fraction of sp³-hybridized carbons (Fsp3) is 0.667. The van der Waals surface area contributed by atoms with Crippen molar-refractivity contribution < 1.29 is 14.6 Å². The Morgan fingerprint density at radius 2 is 1.86 bits per heavy atom. The lowest BCUT2D eigenvalue weighted by molar-refractivity contribution is -0.215. The number of aliphatic hydroxyl groups is 1. The molecule has 2 aliphatic rings. The highest BCUT2D eigenvalue weighted by molar-refractivity contribution is 5.29. The summed E-state index contributed by atoms with van der Waals surface area (Å²) >= 11 is 0. The first-order valence-electron chi connectivity index (χ1n) is 7.92. The van der Waals surface area contributed by atoms with E-state index in [4.69, 9.17) is 9.47 Å². The van der Waals surface area contributed by atoms with Gasteiger partial charge in [0.05, 0.1) is 24.9 Å². The van der Waals surface area contributed by atoms with E-state index in [0.29, 0.717) is 11.8 Å². The van der Waals surface area contributed by atoms with Gasteiger partial charge >= 0.3 is 0 Å². The molecule has 1 aliphatic heterocycles. The highest BCUT2D eigenvalue weighted by Crippen LogP contribution is 2.53. The molecule has 1 N–H and O–H groups in total. The standard InChI is InChI=1S/C18H26O3/c1-11-15-9-13(10-16(11)19)18(2,3)21-17(15)12-5-7-14(20-4)8-6-12/h5-8,11,13,15-17,19H,9-10H2,1-4H3/t11-,13-,15-,16-,17-/m0/s1. The van der Waals surface area contributed by atoms with Crippen LogP contribution in [-0.4, -0.2) is 23.9 Å². The van der Waals surface area contributed by atoms with Crippen LogP contribution in [0.25, 0.3) is 0 Å². The molecular weight excluding hydrogens is 264 g/mol.